The van der Waals surface area contributed by atoms with Gasteiger partial charge in [-0.25, -0.2) is 4.98 Å². The van der Waals surface area contributed by atoms with Gasteiger partial charge in [-0.15, -0.1) is 0 Å². The van der Waals surface area contributed by atoms with Crippen molar-refractivity contribution in [1.82, 2.24) is 4.98 Å². The van der Waals surface area contributed by atoms with Crippen LogP contribution in [0, 0.1) is 0 Å². The van der Waals surface area contributed by atoms with Crippen LogP contribution in [0.5, 0.6) is 11.6 Å². The molecule has 3 rings (SSSR count). The number of benzene rings is 1. The van der Waals surface area contributed by atoms with Gasteiger partial charge in [0.2, 0.25) is 5.88 Å². The third-order valence-corrected chi connectivity index (χ3v) is 3.67. The van der Waals surface area contributed by atoms with Crippen LogP contribution in [0.1, 0.15) is 19.4 Å². The van der Waals surface area contributed by atoms with Crippen molar-refractivity contribution >= 4 is 10.9 Å². The van der Waals surface area contributed by atoms with E-state index in [0.29, 0.717) is 12.3 Å². The average Bonchev–Trinajstić information content (AvgIpc) is 2.37. The monoisotopic (exact) mass is 259 g/mol. The van der Waals surface area contributed by atoms with E-state index in [1.165, 1.54) is 0 Å². The van der Waals surface area contributed by atoms with Crippen LogP contribution >= 0.6 is 0 Å². The molecule has 2 aromatic rings. The molecular formula is C15H17NO3. The Kier molecular flexibility index (Phi) is 2.64. The Morgan fingerprint density at radius 1 is 1.37 bits per heavy atom. The van der Waals surface area contributed by atoms with E-state index < -0.39 is 11.7 Å². The second-order valence-electron chi connectivity index (χ2n) is 5.37. The number of rotatable bonds is 1. The third kappa shape index (κ3) is 1.83. The molecular weight excluding hydrogens is 242 g/mol. The van der Waals surface area contributed by atoms with E-state index in [1.807, 2.05) is 38.1 Å². The first-order chi connectivity index (χ1) is 9.03. The highest BCUT2D eigenvalue weighted by atomic mass is 16.5. The Bertz CT molecular complexity index is 637. The van der Waals surface area contributed by atoms with Gasteiger partial charge in [0.05, 0.1) is 24.3 Å². The molecule has 19 heavy (non-hydrogen) atoms. The number of hydrogen-bond acceptors (Lipinski definition) is 4. The van der Waals surface area contributed by atoms with E-state index in [4.69, 9.17) is 9.47 Å². The first kappa shape index (κ1) is 12.2. The zero-order chi connectivity index (χ0) is 13.6. The molecule has 0 aliphatic carbocycles. The largest absolute Gasteiger partial charge is 0.496 e. The molecule has 0 bridgehead atoms. The molecule has 1 aromatic heterocycles. The number of fused-ring (bicyclic) bond motifs is 2. The van der Waals surface area contributed by atoms with Gasteiger partial charge in [0.15, 0.2) is 0 Å². The Morgan fingerprint density at radius 3 is 2.84 bits per heavy atom. The summed E-state index contributed by atoms with van der Waals surface area (Å²) in [6.45, 7) is 3.73. The predicted octanol–water partition coefficient (Wildman–Crippen LogP) is 2.32. The van der Waals surface area contributed by atoms with Crippen molar-refractivity contribution in [1.29, 1.82) is 0 Å². The topological polar surface area (TPSA) is 51.6 Å². The number of ether oxygens (including phenoxy) is 2. The standard InChI is InChI=1S/C15H17NO3/c1-15(2)12(17)8-10-13(18-3)9-6-4-5-7-11(9)16-14(10)19-15/h4-7,12,17H,8H2,1-3H3/t12-/m0/s1. The molecule has 1 aliphatic heterocycles. The highest BCUT2D eigenvalue weighted by Crippen LogP contribution is 2.40. The van der Waals surface area contributed by atoms with Gasteiger partial charge >= 0.3 is 0 Å². The molecule has 0 unspecified atom stereocenters. The van der Waals surface area contributed by atoms with Crippen molar-refractivity contribution in [3.05, 3.63) is 29.8 Å². The molecule has 1 aliphatic rings. The van der Waals surface area contributed by atoms with Crippen LogP contribution in [0.3, 0.4) is 0 Å². The molecule has 0 saturated carbocycles. The maximum absolute atomic E-state index is 10.2. The first-order valence-corrected chi connectivity index (χ1v) is 6.35. The van der Waals surface area contributed by atoms with Gasteiger partial charge in [-0.1, -0.05) is 12.1 Å². The zero-order valence-electron chi connectivity index (χ0n) is 11.3. The molecule has 2 heterocycles. The summed E-state index contributed by atoms with van der Waals surface area (Å²) in [6, 6.07) is 7.78. The molecule has 0 radical (unpaired) electrons. The summed E-state index contributed by atoms with van der Waals surface area (Å²) < 4.78 is 11.4. The number of para-hydroxylation sites is 1. The highest BCUT2D eigenvalue weighted by molar-refractivity contribution is 5.87. The zero-order valence-corrected chi connectivity index (χ0v) is 11.3. The van der Waals surface area contributed by atoms with Crippen LogP contribution in [0.2, 0.25) is 0 Å². The Labute approximate surface area is 112 Å². The molecule has 1 N–H and O–H groups in total. The maximum atomic E-state index is 10.2. The summed E-state index contributed by atoms with van der Waals surface area (Å²) in [5.41, 5.74) is 1.05. The average molecular weight is 259 g/mol. The van der Waals surface area contributed by atoms with Crippen LogP contribution in [0.4, 0.5) is 0 Å². The Morgan fingerprint density at radius 2 is 2.11 bits per heavy atom. The number of nitrogens with zero attached hydrogens (tertiary/aromatic N) is 1. The number of aromatic nitrogens is 1. The SMILES string of the molecule is COc1c2c(nc3ccccc13)OC(C)(C)[C@@H](O)C2. The quantitative estimate of drug-likeness (QED) is 0.854. The molecule has 0 saturated heterocycles. The fraction of sp³-hybridized carbons (Fsp3) is 0.400. The summed E-state index contributed by atoms with van der Waals surface area (Å²) in [5.74, 6) is 1.31. The number of aliphatic hydroxyl groups is 1. The van der Waals surface area contributed by atoms with Crippen molar-refractivity contribution in [2.45, 2.75) is 32.0 Å². The van der Waals surface area contributed by atoms with Crippen LogP contribution in [0.15, 0.2) is 24.3 Å². The third-order valence-electron chi connectivity index (χ3n) is 3.67. The number of methoxy groups -OCH3 is 1. The lowest BCUT2D eigenvalue weighted by molar-refractivity contribution is -0.0445. The van der Waals surface area contributed by atoms with Gasteiger partial charge in [0.1, 0.15) is 11.4 Å². The minimum Gasteiger partial charge on any atom is -0.496 e. The van der Waals surface area contributed by atoms with Crippen LogP contribution in [0.25, 0.3) is 10.9 Å². The van der Waals surface area contributed by atoms with Crippen molar-refractivity contribution in [2.75, 3.05) is 7.11 Å². The highest BCUT2D eigenvalue weighted by Gasteiger charge is 2.38. The molecule has 100 valence electrons. The van der Waals surface area contributed by atoms with Crippen molar-refractivity contribution in [3.8, 4) is 11.6 Å². The fourth-order valence-electron chi connectivity index (χ4n) is 2.45. The summed E-state index contributed by atoms with van der Waals surface area (Å²) in [5, 5.41) is 11.1. The van der Waals surface area contributed by atoms with Crippen molar-refractivity contribution < 1.29 is 14.6 Å². The normalized spacial score (nSPS) is 20.7. The number of aliphatic hydroxyl groups excluding tert-OH is 1. The lowest BCUT2D eigenvalue weighted by Gasteiger charge is -2.36. The van der Waals surface area contributed by atoms with E-state index in [-0.39, 0.29) is 0 Å². The van der Waals surface area contributed by atoms with Crippen LogP contribution < -0.4 is 9.47 Å². The fourth-order valence-corrected chi connectivity index (χ4v) is 2.45. The van der Waals surface area contributed by atoms with Gasteiger partial charge in [-0.05, 0) is 26.0 Å². The second-order valence-corrected chi connectivity index (χ2v) is 5.37. The summed E-state index contributed by atoms with van der Waals surface area (Å²) in [7, 11) is 1.63. The molecule has 0 spiro atoms. The summed E-state index contributed by atoms with van der Waals surface area (Å²) in [4.78, 5) is 4.54. The number of pyridine rings is 1. The molecule has 4 heteroatoms. The van der Waals surface area contributed by atoms with E-state index in [2.05, 4.69) is 4.98 Å². The smallest absolute Gasteiger partial charge is 0.221 e. The van der Waals surface area contributed by atoms with Gasteiger partial charge < -0.3 is 14.6 Å². The van der Waals surface area contributed by atoms with E-state index in [0.717, 1.165) is 22.2 Å². The molecule has 0 fully saturated rings. The molecule has 1 atom stereocenters. The molecule has 4 nitrogen and oxygen atoms in total. The lowest BCUT2D eigenvalue weighted by atomic mass is 9.91. The molecule has 1 aromatic carbocycles. The minimum atomic E-state index is -0.631. The van der Waals surface area contributed by atoms with Gasteiger partial charge in [0.25, 0.3) is 0 Å². The van der Waals surface area contributed by atoms with E-state index >= 15 is 0 Å². The van der Waals surface area contributed by atoms with E-state index in [1.54, 1.807) is 7.11 Å². The number of hydrogen-bond donors (Lipinski definition) is 1. The van der Waals surface area contributed by atoms with E-state index in [9.17, 15) is 5.11 Å². The summed E-state index contributed by atoms with van der Waals surface area (Å²) in [6.07, 6.45) is -0.0829. The molecule has 0 amide bonds. The van der Waals surface area contributed by atoms with Crippen LogP contribution in [-0.4, -0.2) is 28.9 Å². The second kappa shape index (κ2) is 4.10. The van der Waals surface area contributed by atoms with Gasteiger partial charge in [-0.2, -0.15) is 0 Å². The first-order valence-electron chi connectivity index (χ1n) is 6.35. The van der Waals surface area contributed by atoms with Crippen LogP contribution in [-0.2, 0) is 6.42 Å². The maximum Gasteiger partial charge on any atom is 0.221 e. The van der Waals surface area contributed by atoms with Crippen molar-refractivity contribution in [3.63, 3.8) is 0 Å². The Balaban J connectivity index is 2.27. The van der Waals surface area contributed by atoms with Gasteiger partial charge in [0, 0.05) is 11.8 Å². The predicted molar refractivity (Wildman–Crippen MR) is 72.7 cm³/mol. The summed E-state index contributed by atoms with van der Waals surface area (Å²) >= 11 is 0. The van der Waals surface area contributed by atoms with Gasteiger partial charge in [-0.3, -0.25) is 0 Å². The Hall–Kier alpha value is -1.81. The van der Waals surface area contributed by atoms with Crippen molar-refractivity contribution in [2.24, 2.45) is 0 Å². The minimum absolute atomic E-state index is 0.489. The lowest BCUT2D eigenvalue weighted by Crippen LogP contribution is -2.46.